The zero-order valence-corrected chi connectivity index (χ0v) is 11.1. The predicted octanol–water partition coefficient (Wildman–Crippen LogP) is 3.30. The lowest BCUT2D eigenvalue weighted by molar-refractivity contribution is 0.628. The standard InChI is InChI=1S/C15H16FN3/c1-11(2)10-19(3)15-9-8-14(17-18-15)12-4-6-13(16)7-5-12/h4-9H,1,10H2,2-3H3. The highest BCUT2D eigenvalue weighted by atomic mass is 19.1. The average Bonchev–Trinajstić information content (AvgIpc) is 2.39. The van der Waals surface area contributed by atoms with Crippen LogP contribution in [0.5, 0.6) is 0 Å². The zero-order chi connectivity index (χ0) is 13.8. The number of hydrogen-bond acceptors (Lipinski definition) is 3. The Morgan fingerprint density at radius 3 is 2.37 bits per heavy atom. The Kier molecular flexibility index (Phi) is 3.90. The largest absolute Gasteiger partial charge is 0.354 e. The van der Waals surface area contributed by atoms with Crippen LogP contribution in [-0.2, 0) is 0 Å². The molecule has 1 aromatic heterocycles. The molecule has 1 heterocycles. The summed E-state index contributed by atoms with van der Waals surface area (Å²) in [6.07, 6.45) is 0. The number of rotatable bonds is 4. The number of likely N-dealkylation sites (N-methyl/N-ethyl adjacent to an activating group) is 1. The molecule has 3 nitrogen and oxygen atoms in total. The molecule has 0 bridgehead atoms. The molecule has 0 saturated carbocycles. The van der Waals surface area contributed by atoms with Gasteiger partial charge in [0.15, 0.2) is 5.82 Å². The average molecular weight is 257 g/mol. The minimum Gasteiger partial charge on any atom is -0.354 e. The molecule has 0 fully saturated rings. The third kappa shape index (κ3) is 3.37. The van der Waals surface area contributed by atoms with Crippen LogP contribution in [0.2, 0.25) is 0 Å². The van der Waals surface area contributed by atoms with Gasteiger partial charge in [0.25, 0.3) is 0 Å². The fraction of sp³-hybridized carbons (Fsp3) is 0.200. The summed E-state index contributed by atoms with van der Waals surface area (Å²) in [5, 5.41) is 8.33. The maximum Gasteiger partial charge on any atom is 0.151 e. The van der Waals surface area contributed by atoms with Crippen molar-refractivity contribution in [1.29, 1.82) is 0 Å². The maximum absolute atomic E-state index is 12.8. The molecule has 0 spiro atoms. The lowest BCUT2D eigenvalue weighted by Crippen LogP contribution is -2.20. The molecule has 0 saturated heterocycles. The van der Waals surface area contributed by atoms with Gasteiger partial charge in [-0.05, 0) is 43.3 Å². The molecule has 4 heteroatoms. The Morgan fingerprint density at radius 2 is 1.84 bits per heavy atom. The first-order chi connectivity index (χ1) is 9.06. The summed E-state index contributed by atoms with van der Waals surface area (Å²) < 4.78 is 12.8. The van der Waals surface area contributed by atoms with E-state index in [0.29, 0.717) is 0 Å². The number of halogens is 1. The summed E-state index contributed by atoms with van der Waals surface area (Å²) in [5.41, 5.74) is 2.64. The second kappa shape index (κ2) is 5.61. The van der Waals surface area contributed by atoms with Crippen molar-refractivity contribution in [1.82, 2.24) is 10.2 Å². The van der Waals surface area contributed by atoms with E-state index in [2.05, 4.69) is 16.8 Å². The summed E-state index contributed by atoms with van der Waals surface area (Å²) in [7, 11) is 1.94. The van der Waals surface area contributed by atoms with Crippen molar-refractivity contribution in [2.75, 3.05) is 18.5 Å². The van der Waals surface area contributed by atoms with Gasteiger partial charge in [-0.15, -0.1) is 10.2 Å². The van der Waals surface area contributed by atoms with E-state index in [-0.39, 0.29) is 5.82 Å². The van der Waals surface area contributed by atoms with Gasteiger partial charge in [-0.25, -0.2) is 4.39 Å². The molecule has 0 aliphatic rings. The Bertz CT molecular complexity index is 561. The first kappa shape index (κ1) is 13.2. The van der Waals surface area contributed by atoms with Gasteiger partial charge in [-0.2, -0.15) is 0 Å². The molecule has 1 aromatic carbocycles. The molecule has 2 aromatic rings. The molecule has 0 amide bonds. The van der Waals surface area contributed by atoms with Crippen LogP contribution in [0.1, 0.15) is 6.92 Å². The number of anilines is 1. The smallest absolute Gasteiger partial charge is 0.151 e. The zero-order valence-electron chi connectivity index (χ0n) is 11.1. The number of benzene rings is 1. The van der Waals surface area contributed by atoms with Gasteiger partial charge in [0, 0.05) is 19.2 Å². The van der Waals surface area contributed by atoms with Gasteiger partial charge in [0.1, 0.15) is 5.82 Å². The Labute approximate surface area is 112 Å². The van der Waals surface area contributed by atoms with Gasteiger partial charge in [0.2, 0.25) is 0 Å². The van der Waals surface area contributed by atoms with Gasteiger partial charge >= 0.3 is 0 Å². The fourth-order valence-corrected chi connectivity index (χ4v) is 1.79. The second-order valence-electron chi connectivity index (χ2n) is 4.60. The molecule has 0 aliphatic carbocycles. The van der Waals surface area contributed by atoms with E-state index in [1.165, 1.54) is 12.1 Å². The van der Waals surface area contributed by atoms with Crippen LogP contribution in [0.15, 0.2) is 48.6 Å². The molecule has 0 radical (unpaired) electrons. The van der Waals surface area contributed by atoms with Crippen molar-refractivity contribution in [2.24, 2.45) is 0 Å². The Hall–Kier alpha value is -2.23. The quantitative estimate of drug-likeness (QED) is 0.787. The lowest BCUT2D eigenvalue weighted by atomic mass is 10.1. The van der Waals surface area contributed by atoms with E-state index < -0.39 is 0 Å². The van der Waals surface area contributed by atoms with Crippen molar-refractivity contribution in [3.63, 3.8) is 0 Å². The summed E-state index contributed by atoms with van der Waals surface area (Å²) in [6, 6.07) is 9.99. The topological polar surface area (TPSA) is 29.0 Å². The van der Waals surface area contributed by atoms with Gasteiger partial charge in [-0.1, -0.05) is 12.2 Å². The molecule has 0 atom stereocenters. The summed E-state index contributed by atoms with van der Waals surface area (Å²) in [6.45, 7) is 6.58. The van der Waals surface area contributed by atoms with Crippen molar-refractivity contribution < 1.29 is 4.39 Å². The number of aromatic nitrogens is 2. The maximum atomic E-state index is 12.8. The van der Waals surface area contributed by atoms with Gasteiger partial charge in [0.05, 0.1) is 5.69 Å². The minimum absolute atomic E-state index is 0.255. The van der Waals surface area contributed by atoms with Crippen LogP contribution in [0, 0.1) is 5.82 Å². The van der Waals surface area contributed by atoms with Crippen molar-refractivity contribution >= 4 is 5.82 Å². The Balaban J connectivity index is 2.18. The van der Waals surface area contributed by atoms with Gasteiger partial charge in [-0.3, -0.25) is 0 Å². The first-order valence-corrected chi connectivity index (χ1v) is 6.01. The molecular weight excluding hydrogens is 241 g/mol. The van der Waals surface area contributed by atoms with Crippen LogP contribution in [-0.4, -0.2) is 23.8 Å². The molecular formula is C15H16FN3. The van der Waals surface area contributed by atoms with Gasteiger partial charge < -0.3 is 4.90 Å². The van der Waals surface area contributed by atoms with Crippen LogP contribution in [0.3, 0.4) is 0 Å². The molecule has 0 unspecified atom stereocenters. The molecule has 0 aliphatic heterocycles. The van der Waals surface area contributed by atoms with Crippen LogP contribution >= 0.6 is 0 Å². The third-order valence-electron chi connectivity index (χ3n) is 2.69. The minimum atomic E-state index is -0.255. The van der Waals surface area contributed by atoms with Crippen LogP contribution < -0.4 is 4.90 Å². The first-order valence-electron chi connectivity index (χ1n) is 6.01. The summed E-state index contributed by atoms with van der Waals surface area (Å²) in [5.74, 6) is 0.531. The molecule has 0 N–H and O–H groups in total. The highest BCUT2D eigenvalue weighted by Gasteiger charge is 2.05. The van der Waals surface area contributed by atoms with E-state index in [1.54, 1.807) is 12.1 Å². The molecule has 2 rings (SSSR count). The highest BCUT2D eigenvalue weighted by molar-refractivity contribution is 5.59. The van der Waals surface area contributed by atoms with E-state index in [4.69, 9.17) is 0 Å². The highest BCUT2D eigenvalue weighted by Crippen LogP contribution is 2.18. The summed E-state index contributed by atoms with van der Waals surface area (Å²) >= 11 is 0. The fourth-order valence-electron chi connectivity index (χ4n) is 1.79. The summed E-state index contributed by atoms with van der Waals surface area (Å²) in [4.78, 5) is 1.98. The SMILES string of the molecule is C=C(C)CN(C)c1ccc(-c2ccc(F)cc2)nn1. The molecule has 19 heavy (non-hydrogen) atoms. The van der Waals surface area contributed by atoms with E-state index in [0.717, 1.165) is 29.2 Å². The van der Waals surface area contributed by atoms with Crippen molar-refractivity contribution in [2.45, 2.75) is 6.92 Å². The van der Waals surface area contributed by atoms with Crippen LogP contribution in [0.4, 0.5) is 10.2 Å². The van der Waals surface area contributed by atoms with E-state index in [1.807, 2.05) is 31.0 Å². The number of nitrogens with zero attached hydrogens (tertiary/aromatic N) is 3. The van der Waals surface area contributed by atoms with Crippen molar-refractivity contribution in [3.05, 3.63) is 54.4 Å². The Morgan fingerprint density at radius 1 is 1.16 bits per heavy atom. The molecule has 98 valence electrons. The van der Waals surface area contributed by atoms with E-state index >= 15 is 0 Å². The third-order valence-corrected chi connectivity index (χ3v) is 2.69. The monoisotopic (exact) mass is 257 g/mol. The van der Waals surface area contributed by atoms with Crippen molar-refractivity contribution in [3.8, 4) is 11.3 Å². The second-order valence-corrected chi connectivity index (χ2v) is 4.60. The van der Waals surface area contributed by atoms with Crippen LogP contribution in [0.25, 0.3) is 11.3 Å². The number of hydrogen-bond donors (Lipinski definition) is 0. The lowest BCUT2D eigenvalue weighted by Gasteiger charge is -2.17. The predicted molar refractivity (Wildman–Crippen MR) is 75.5 cm³/mol. The van der Waals surface area contributed by atoms with E-state index in [9.17, 15) is 4.39 Å². The normalized spacial score (nSPS) is 10.3.